The van der Waals surface area contributed by atoms with Crippen molar-refractivity contribution in [3.63, 3.8) is 0 Å². The molecule has 0 aliphatic carbocycles. The molecule has 0 amide bonds. The van der Waals surface area contributed by atoms with Gasteiger partial charge < -0.3 is 11.1 Å². The number of nitrogens with one attached hydrogen (secondary N) is 1. The predicted molar refractivity (Wildman–Crippen MR) is 58.6 cm³/mol. The van der Waals surface area contributed by atoms with E-state index in [4.69, 9.17) is 17.3 Å². The minimum atomic E-state index is 0.201. The maximum atomic E-state index is 5.88. The first kappa shape index (κ1) is 9.34. The van der Waals surface area contributed by atoms with Crippen LogP contribution in [0.2, 0.25) is 5.02 Å². The van der Waals surface area contributed by atoms with Crippen LogP contribution in [0.4, 0.5) is 0 Å². The summed E-state index contributed by atoms with van der Waals surface area (Å²) in [5.41, 5.74) is 7.93. The van der Waals surface area contributed by atoms with Gasteiger partial charge in [0.25, 0.3) is 0 Å². The highest BCUT2D eigenvalue weighted by Crippen LogP contribution is 2.23. The van der Waals surface area contributed by atoms with Crippen molar-refractivity contribution in [1.29, 1.82) is 0 Å². The van der Waals surface area contributed by atoms with E-state index in [1.165, 1.54) is 11.1 Å². The summed E-state index contributed by atoms with van der Waals surface area (Å²) in [6.45, 7) is 2.74. The van der Waals surface area contributed by atoms with Crippen molar-refractivity contribution < 1.29 is 0 Å². The van der Waals surface area contributed by atoms with E-state index in [0.717, 1.165) is 5.02 Å². The molecule has 0 bridgehead atoms. The van der Waals surface area contributed by atoms with Crippen molar-refractivity contribution in [3.05, 3.63) is 34.3 Å². The monoisotopic (exact) mass is 209 g/mol. The lowest BCUT2D eigenvalue weighted by atomic mass is 10.0. The van der Waals surface area contributed by atoms with Gasteiger partial charge in [-0.15, -0.1) is 0 Å². The molecule has 1 unspecified atom stereocenters. The highest BCUT2D eigenvalue weighted by atomic mass is 35.5. The second kappa shape index (κ2) is 3.50. The van der Waals surface area contributed by atoms with Gasteiger partial charge in [0.2, 0.25) is 0 Å². The van der Waals surface area contributed by atoms with E-state index in [1.54, 1.807) is 0 Å². The average Bonchev–Trinajstić information content (AvgIpc) is 2.51. The van der Waals surface area contributed by atoms with E-state index in [2.05, 4.69) is 10.3 Å². The number of nitrogens with zero attached hydrogens (tertiary/aromatic N) is 1. The summed E-state index contributed by atoms with van der Waals surface area (Å²) in [4.78, 5) is 4.11. The minimum absolute atomic E-state index is 0.201. The molecule has 1 heterocycles. The Labute approximate surface area is 88.0 Å². The lowest BCUT2D eigenvalue weighted by Crippen LogP contribution is -2.29. The smallest absolute Gasteiger partial charge is 0.189 e. The Balaban J connectivity index is 2.25. The number of rotatable bonds is 1. The summed E-state index contributed by atoms with van der Waals surface area (Å²) in [6, 6.07) is 6.06. The number of halogens is 1. The lowest BCUT2D eigenvalue weighted by Gasteiger charge is -2.13. The maximum Gasteiger partial charge on any atom is 0.189 e. The van der Waals surface area contributed by atoms with Gasteiger partial charge in [-0.2, -0.15) is 0 Å². The quantitative estimate of drug-likeness (QED) is 0.739. The molecule has 0 aromatic heterocycles. The molecule has 1 atom stereocenters. The fourth-order valence-corrected chi connectivity index (χ4v) is 1.89. The molecular weight excluding hydrogens is 198 g/mol. The van der Waals surface area contributed by atoms with Gasteiger partial charge in [-0.1, -0.05) is 17.7 Å². The Bertz CT molecular complexity index is 387. The molecule has 74 valence electrons. The molecule has 3 nitrogen and oxygen atoms in total. The summed E-state index contributed by atoms with van der Waals surface area (Å²) in [6.07, 6.45) is 0. The fraction of sp³-hybridized carbons (Fsp3) is 0.300. The van der Waals surface area contributed by atoms with Gasteiger partial charge in [0.05, 0.1) is 12.6 Å². The average molecular weight is 210 g/mol. The normalized spacial score (nSPS) is 20.4. The van der Waals surface area contributed by atoms with Crippen molar-refractivity contribution in [2.45, 2.75) is 13.0 Å². The molecular formula is C10H12ClN3. The van der Waals surface area contributed by atoms with E-state index in [0.29, 0.717) is 12.5 Å². The molecule has 1 aliphatic rings. The molecule has 4 heteroatoms. The number of aliphatic imine (C=N–C) groups is 1. The summed E-state index contributed by atoms with van der Waals surface area (Å²) < 4.78 is 0. The fourth-order valence-electron chi connectivity index (χ4n) is 1.67. The number of guanidine groups is 1. The van der Waals surface area contributed by atoms with Crippen LogP contribution in [-0.2, 0) is 0 Å². The number of hydrogen-bond donors (Lipinski definition) is 2. The van der Waals surface area contributed by atoms with E-state index in [9.17, 15) is 0 Å². The third kappa shape index (κ3) is 1.68. The van der Waals surface area contributed by atoms with Gasteiger partial charge in [0.1, 0.15) is 0 Å². The molecule has 14 heavy (non-hydrogen) atoms. The molecule has 0 saturated heterocycles. The zero-order valence-corrected chi connectivity index (χ0v) is 8.67. The first-order valence-corrected chi connectivity index (χ1v) is 4.87. The van der Waals surface area contributed by atoms with E-state index in [-0.39, 0.29) is 6.04 Å². The molecule has 1 aliphatic heterocycles. The SMILES string of the molecule is Cc1cc(Cl)ccc1C1CN=C(N)N1. The Morgan fingerprint density at radius 1 is 1.57 bits per heavy atom. The maximum absolute atomic E-state index is 5.88. The zero-order chi connectivity index (χ0) is 10.1. The van der Waals surface area contributed by atoms with Crippen LogP contribution >= 0.6 is 11.6 Å². The third-order valence-corrected chi connectivity index (χ3v) is 2.61. The number of aryl methyl sites for hydroxylation is 1. The molecule has 0 fully saturated rings. The number of nitrogens with two attached hydrogens (primary N) is 1. The summed E-state index contributed by atoms with van der Waals surface area (Å²) in [5, 5.41) is 3.88. The standard InChI is InChI=1S/C10H12ClN3/c1-6-4-7(11)2-3-8(6)9-5-13-10(12)14-9/h2-4,9H,5H2,1H3,(H3,12,13,14). The van der Waals surface area contributed by atoms with Crippen LogP contribution in [0.15, 0.2) is 23.2 Å². The third-order valence-electron chi connectivity index (χ3n) is 2.37. The second-order valence-corrected chi connectivity index (χ2v) is 3.86. The van der Waals surface area contributed by atoms with Gasteiger partial charge in [0, 0.05) is 5.02 Å². The zero-order valence-electron chi connectivity index (χ0n) is 7.92. The van der Waals surface area contributed by atoms with Crippen LogP contribution in [0.3, 0.4) is 0 Å². The largest absolute Gasteiger partial charge is 0.370 e. The van der Waals surface area contributed by atoms with Crippen LogP contribution in [0.25, 0.3) is 0 Å². The van der Waals surface area contributed by atoms with Crippen molar-refractivity contribution in [3.8, 4) is 0 Å². The van der Waals surface area contributed by atoms with Crippen molar-refractivity contribution in [2.24, 2.45) is 10.7 Å². The summed E-state index contributed by atoms with van der Waals surface area (Å²) in [5.74, 6) is 0.518. The predicted octanol–water partition coefficient (Wildman–Crippen LogP) is 1.61. The highest BCUT2D eigenvalue weighted by molar-refractivity contribution is 6.30. The number of hydrogen-bond acceptors (Lipinski definition) is 3. The van der Waals surface area contributed by atoms with Crippen molar-refractivity contribution >= 4 is 17.6 Å². The van der Waals surface area contributed by atoms with Gasteiger partial charge in [-0.05, 0) is 30.2 Å². The number of benzene rings is 1. The molecule has 0 radical (unpaired) electrons. The Kier molecular flexibility index (Phi) is 2.33. The Morgan fingerprint density at radius 3 is 2.93 bits per heavy atom. The van der Waals surface area contributed by atoms with Crippen LogP contribution in [0, 0.1) is 6.92 Å². The lowest BCUT2D eigenvalue weighted by molar-refractivity contribution is 0.702. The molecule has 0 saturated carbocycles. The minimum Gasteiger partial charge on any atom is -0.370 e. The van der Waals surface area contributed by atoms with Crippen molar-refractivity contribution in [2.75, 3.05) is 6.54 Å². The van der Waals surface area contributed by atoms with E-state index >= 15 is 0 Å². The van der Waals surface area contributed by atoms with Gasteiger partial charge in [-0.3, -0.25) is 4.99 Å². The van der Waals surface area contributed by atoms with Gasteiger partial charge in [-0.25, -0.2) is 0 Å². The van der Waals surface area contributed by atoms with Gasteiger partial charge in [0.15, 0.2) is 5.96 Å². The van der Waals surface area contributed by atoms with Crippen LogP contribution in [-0.4, -0.2) is 12.5 Å². The summed E-state index contributed by atoms with van der Waals surface area (Å²) >= 11 is 5.88. The molecule has 0 spiro atoms. The topological polar surface area (TPSA) is 50.4 Å². The van der Waals surface area contributed by atoms with E-state index < -0.39 is 0 Å². The van der Waals surface area contributed by atoms with E-state index in [1.807, 2.05) is 25.1 Å². The highest BCUT2D eigenvalue weighted by Gasteiger charge is 2.18. The Hall–Kier alpha value is -1.22. The molecule has 3 N–H and O–H groups in total. The van der Waals surface area contributed by atoms with Crippen LogP contribution < -0.4 is 11.1 Å². The molecule has 2 rings (SSSR count). The Morgan fingerprint density at radius 2 is 2.36 bits per heavy atom. The molecule has 1 aromatic carbocycles. The summed E-state index contributed by atoms with van der Waals surface area (Å²) in [7, 11) is 0. The first-order valence-electron chi connectivity index (χ1n) is 4.49. The molecule has 1 aromatic rings. The van der Waals surface area contributed by atoms with Crippen LogP contribution in [0.5, 0.6) is 0 Å². The van der Waals surface area contributed by atoms with Gasteiger partial charge >= 0.3 is 0 Å². The first-order chi connectivity index (χ1) is 6.66. The second-order valence-electron chi connectivity index (χ2n) is 3.42. The van der Waals surface area contributed by atoms with Crippen molar-refractivity contribution in [1.82, 2.24) is 5.32 Å². The van der Waals surface area contributed by atoms with Crippen LogP contribution in [0.1, 0.15) is 17.2 Å².